The molecular weight excluding hydrogens is 326 g/mol. The van der Waals surface area contributed by atoms with E-state index in [4.69, 9.17) is 18.9 Å². The number of carbonyl (C=O) groups is 2. The second-order valence-electron chi connectivity index (χ2n) is 6.16. The van der Waals surface area contributed by atoms with Gasteiger partial charge in [0, 0.05) is 6.54 Å². The first-order valence-corrected chi connectivity index (χ1v) is 8.23. The van der Waals surface area contributed by atoms with Gasteiger partial charge in [0.1, 0.15) is 12.2 Å². The van der Waals surface area contributed by atoms with E-state index >= 15 is 0 Å². The number of carbonyl (C=O) groups excluding carboxylic acids is 2. The summed E-state index contributed by atoms with van der Waals surface area (Å²) >= 11 is 0. The molecule has 0 saturated carbocycles. The third kappa shape index (κ3) is 11.1. The van der Waals surface area contributed by atoms with Crippen LogP contribution < -0.4 is 5.32 Å². The molecule has 0 aliphatic heterocycles. The van der Waals surface area contributed by atoms with Gasteiger partial charge in [-0.3, -0.25) is 0 Å². The Labute approximate surface area is 148 Å². The van der Waals surface area contributed by atoms with E-state index in [-0.39, 0.29) is 12.6 Å². The highest BCUT2D eigenvalue weighted by molar-refractivity contribution is 5.89. The first-order chi connectivity index (χ1) is 11.9. The summed E-state index contributed by atoms with van der Waals surface area (Å²) in [4.78, 5) is 23.0. The van der Waals surface area contributed by atoms with E-state index in [0.717, 1.165) is 0 Å². The molecule has 0 unspecified atom stereocenters. The van der Waals surface area contributed by atoms with E-state index in [1.807, 2.05) is 6.07 Å². The van der Waals surface area contributed by atoms with Gasteiger partial charge in [0.15, 0.2) is 0 Å². The lowest BCUT2D eigenvalue weighted by atomic mass is 10.2. The SMILES string of the molecule is CC(C)(C)OC(=O)NCCOCCOCCOC(=O)c1ccccc1. The number of alkyl carbamates (subject to hydrolysis) is 1. The van der Waals surface area contributed by atoms with Crippen molar-refractivity contribution in [2.24, 2.45) is 0 Å². The number of hydrogen-bond donors (Lipinski definition) is 1. The fourth-order valence-electron chi connectivity index (χ4n) is 1.71. The second kappa shape index (κ2) is 11.4. The van der Waals surface area contributed by atoms with Crippen molar-refractivity contribution in [2.75, 3.05) is 39.6 Å². The van der Waals surface area contributed by atoms with E-state index in [0.29, 0.717) is 38.5 Å². The van der Waals surface area contributed by atoms with Gasteiger partial charge < -0.3 is 24.3 Å². The van der Waals surface area contributed by atoms with Crippen LogP contribution in [0.4, 0.5) is 4.79 Å². The molecule has 0 spiro atoms. The molecule has 0 atom stereocenters. The van der Waals surface area contributed by atoms with Gasteiger partial charge in [0.2, 0.25) is 0 Å². The minimum absolute atomic E-state index is 0.188. The van der Waals surface area contributed by atoms with Crippen LogP contribution in [0.5, 0.6) is 0 Å². The molecule has 0 saturated heterocycles. The zero-order valence-corrected chi connectivity index (χ0v) is 15.1. The molecule has 0 radical (unpaired) electrons. The van der Waals surface area contributed by atoms with Crippen molar-refractivity contribution < 1.29 is 28.5 Å². The molecule has 25 heavy (non-hydrogen) atoms. The molecule has 1 aromatic rings. The summed E-state index contributed by atoms with van der Waals surface area (Å²) in [5.74, 6) is -0.367. The predicted octanol–water partition coefficient (Wildman–Crippen LogP) is 2.40. The zero-order valence-electron chi connectivity index (χ0n) is 15.1. The van der Waals surface area contributed by atoms with Gasteiger partial charge in [-0.15, -0.1) is 0 Å². The molecule has 1 amide bonds. The van der Waals surface area contributed by atoms with Crippen LogP contribution in [0.2, 0.25) is 0 Å². The summed E-state index contributed by atoms with van der Waals surface area (Å²) < 4.78 is 20.8. The normalized spacial score (nSPS) is 11.0. The first kappa shape index (κ1) is 20.9. The molecule has 7 heteroatoms. The van der Waals surface area contributed by atoms with Crippen LogP contribution in [0.1, 0.15) is 31.1 Å². The smallest absolute Gasteiger partial charge is 0.407 e. The van der Waals surface area contributed by atoms with Crippen LogP contribution in [0, 0.1) is 0 Å². The molecular formula is C18H27NO6. The topological polar surface area (TPSA) is 83.1 Å². The summed E-state index contributed by atoms with van der Waals surface area (Å²) in [6, 6.07) is 8.79. The number of amides is 1. The lowest BCUT2D eigenvalue weighted by Crippen LogP contribution is -2.34. The summed E-state index contributed by atoms with van der Waals surface area (Å²) in [6.07, 6.45) is -0.465. The maximum Gasteiger partial charge on any atom is 0.407 e. The van der Waals surface area contributed by atoms with Crippen molar-refractivity contribution in [3.8, 4) is 0 Å². The monoisotopic (exact) mass is 353 g/mol. The Kier molecular flexibility index (Phi) is 9.57. The van der Waals surface area contributed by atoms with Crippen molar-refractivity contribution in [1.29, 1.82) is 0 Å². The van der Waals surface area contributed by atoms with Crippen molar-refractivity contribution in [1.82, 2.24) is 5.32 Å². The molecule has 0 aliphatic rings. The van der Waals surface area contributed by atoms with Crippen LogP contribution in [-0.4, -0.2) is 57.2 Å². The first-order valence-electron chi connectivity index (χ1n) is 8.23. The van der Waals surface area contributed by atoms with Crippen LogP contribution >= 0.6 is 0 Å². The average molecular weight is 353 g/mol. The Hall–Kier alpha value is -2.12. The van der Waals surface area contributed by atoms with Crippen LogP contribution in [0.25, 0.3) is 0 Å². The minimum atomic E-state index is -0.511. The van der Waals surface area contributed by atoms with E-state index in [1.165, 1.54) is 0 Å². The maximum atomic E-state index is 11.6. The highest BCUT2D eigenvalue weighted by Gasteiger charge is 2.15. The second-order valence-corrected chi connectivity index (χ2v) is 6.16. The Morgan fingerprint density at radius 1 is 0.920 bits per heavy atom. The average Bonchev–Trinajstić information content (AvgIpc) is 2.55. The molecule has 7 nitrogen and oxygen atoms in total. The van der Waals surface area contributed by atoms with Gasteiger partial charge in [-0.1, -0.05) is 18.2 Å². The Balaban J connectivity index is 1.91. The molecule has 0 heterocycles. The largest absolute Gasteiger partial charge is 0.460 e. The molecule has 0 aliphatic carbocycles. The highest BCUT2D eigenvalue weighted by atomic mass is 16.6. The Morgan fingerprint density at radius 3 is 2.16 bits per heavy atom. The van der Waals surface area contributed by atoms with Gasteiger partial charge >= 0.3 is 12.1 Å². The number of hydrogen-bond acceptors (Lipinski definition) is 6. The summed E-state index contributed by atoms with van der Waals surface area (Å²) in [7, 11) is 0. The lowest BCUT2D eigenvalue weighted by Gasteiger charge is -2.19. The number of benzene rings is 1. The van der Waals surface area contributed by atoms with Gasteiger partial charge in [0.05, 0.1) is 32.0 Å². The molecule has 1 N–H and O–H groups in total. The Morgan fingerprint density at radius 2 is 1.52 bits per heavy atom. The van der Waals surface area contributed by atoms with Crippen molar-refractivity contribution in [3.63, 3.8) is 0 Å². The van der Waals surface area contributed by atoms with Crippen LogP contribution in [0.15, 0.2) is 30.3 Å². The van der Waals surface area contributed by atoms with Gasteiger partial charge in [0.25, 0.3) is 0 Å². The fraction of sp³-hybridized carbons (Fsp3) is 0.556. The van der Waals surface area contributed by atoms with E-state index in [9.17, 15) is 9.59 Å². The number of nitrogens with one attached hydrogen (secondary N) is 1. The third-order valence-electron chi connectivity index (χ3n) is 2.76. The van der Waals surface area contributed by atoms with Gasteiger partial charge in [-0.05, 0) is 32.9 Å². The number of rotatable bonds is 10. The van der Waals surface area contributed by atoms with Gasteiger partial charge in [-0.25, -0.2) is 9.59 Å². The molecule has 1 aromatic carbocycles. The molecule has 0 bridgehead atoms. The predicted molar refractivity (Wildman–Crippen MR) is 92.6 cm³/mol. The molecule has 0 fully saturated rings. The summed E-state index contributed by atoms with van der Waals surface area (Å²) in [5, 5.41) is 2.59. The van der Waals surface area contributed by atoms with Gasteiger partial charge in [-0.2, -0.15) is 0 Å². The van der Waals surface area contributed by atoms with Crippen molar-refractivity contribution >= 4 is 12.1 Å². The van der Waals surface area contributed by atoms with Crippen molar-refractivity contribution in [3.05, 3.63) is 35.9 Å². The molecule has 0 aromatic heterocycles. The third-order valence-corrected chi connectivity index (χ3v) is 2.76. The van der Waals surface area contributed by atoms with E-state index < -0.39 is 11.7 Å². The zero-order chi connectivity index (χ0) is 18.5. The summed E-state index contributed by atoms with van der Waals surface area (Å²) in [6.45, 7) is 7.41. The summed E-state index contributed by atoms with van der Waals surface area (Å²) in [5.41, 5.74) is 0.00580. The maximum absolute atomic E-state index is 11.6. The fourth-order valence-corrected chi connectivity index (χ4v) is 1.71. The minimum Gasteiger partial charge on any atom is -0.460 e. The lowest BCUT2D eigenvalue weighted by molar-refractivity contribution is 0.0140. The molecule has 1 rings (SSSR count). The van der Waals surface area contributed by atoms with Crippen molar-refractivity contribution in [2.45, 2.75) is 26.4 Å². The number of esters is 1. The van der Waals surface area contributed by atoms with E-state index in [2.05, 4.69) is 5.32 Å². The van der Waals surface area contributed by atoms with Crippen LogP contribution in [-0.2, 0) is 18.9 Å². The Bertz CT molecular complexity index is 512. The highest BCUT2D eigenvalue weighted by Crippen LogP contribution is 2.06. The standard InChI is InChI=1S/C18H27NO6/c1-18(2,3)25-17(21)19-9-10-22-11-12-23-13-14-24-16(20)15-7-5-4-6-8-15/h4-8H,9-14H2,1-3H3,(H,19,21). The quantitative estimate of drug-likeness (QED) is 0.514. The number of ether oxygens (including phenoxy) is 4. The van der Waals surface area contributed by atoms with E-state index in [1.54, 1.807) is 45.0 Å². The molecule has 140 valence electrons. The van der Waals surface area contributed by atoms with Crippen LogP contribution in [0.3, 0.4) is 0 Å².